The Kier molecular flexibility index (Phi) is 2.15. The van der Waals surface area contributed by atoms with Crippen LogP contribution in [-0.2, 0) is 0 Å². The smallest absolute Gasteiger partial charge is 0.204 e. The van der Waals surface area contributed by atoms with E-state index in [1.807, 2.05) is 12.1 Å². The summed E-state index contributed by atoms with van der Waals surface area (Å²) in [5.74, 6) is 0.667. The normalized spacial score (nSPS) is 9.36. The number of hydrogen-bond donors (Lipinski definition) is 2. The molecule has 1 heterocycles. The van der Waals surface area contributed by atoms with E-state index < -0.39 is 0 Å². The Morgan fingerprint density at radius 1 is 1.43 bits per heavy atom. The molecule has 0 radical (unpaired) electrons. The maximum absolute atomic E-state index is 8.69. The lowest BCUT2D eigenvalue weighted by molar-refractivity contribution is 1.29. The fraction of sp³-hybridized carbons (Fsp3) is 0. The highest BCUT2D eigenvalue weighted by Gasteiger charge is 1.96. The first-order valence-electron chi connectivity index (χ1n) is 4.15. The third-order valence-corrected chi connectivity index (χ3v) is 1.75. The Morgan fingerprint density at radius 3 is 3.07 bits per heavy atom. The summed E-state index contributed by atoms with van der Waals surface area (Å²) in [5, 5.41) is 11.7. The molecular formula is C10H8N4. The minimum atomic E-state index is 0.626. The van der Waals surface area contributed by atoms with Gasteiger partial charge in [-0.1, -0.05) is 6.07 Å². The van der Waals surface area contributed by atoms with Gasteiger partial charge in [0.1, 0.15) is 0 Å². The van der Waals surface area contributed by atoms with Crippen molar-refractivity contribution in [1.29, 1.82) is 5.26 Å². The summed E-state index contributed by atoms with van der Waals surface area (Å²) in [6.45, 7) is 0. The van der Waals surface area contributed by atoms with Gasteiger partial charge in [-0.3, -0.25) is 0 Å². The number of H-pyrrole nitrogens is 1. The van der Waals surface area contributed by atoms with E-state index in [0.717, 1.165) is 5.69 Å². The van der Waals surface area contributed by atoms with Gasteiger partial charge in [-0.15, -0.1) is 0 Å². The molecule has 0 amide bonds. The number of aromatic amines is 1. The molecule has 1 aromatic heterocycles. The van der Waals surface area contributed by atoms with Crippen molar-refractivity contribution in [3.05, 3.63) is 42.2 Å². The number of nitrogens with one attached hydrogen (secondary N) is 2. The summed E-state index contributed by atoms with van der Waals surface area (Å²) in [6.07, 6.45) is 3.40. The van der Waals surface area contributed by atoms with Crippen LogP contribution in [0.2, 0.25) is 0 Å². The second-order valence-corrected chi connectivity index (χ2v) is 2.76. The molecule has 2 N–H and O–H groups in total. The van der Waals surface area contributed by atoms with Crippen LogP contribution in [0.3, 0.4) is 0 Å². The summed E-state index contributed by atoms with van der Waals surface area (Å²) < 4.78 is 0. The predicted molar refractivity (Wildman–Crippen MR) is 53.0 cm³/mol. The fourth-order valence-electron chi connectivity index (χ4n) is 1.14. The Labute approximate surface area is 81.2 Å². The number of hydrogen-bond acceptors (Lipinski definition) is 3. The van der Waals surface area contributed by atoms with Crippen molar-refractivity contribution in [1.82, 2.24) is 9.97 Å². The van der Waals surface area contributed by atoms with Gasteiger partial charge in [0.25, 0.3) is 0 Å². The highest BCUT2D eigenvalue weighted by molar-refractivity contribution is 5.55. The summed E-state index contributed by atoms with van der Waals surface area (Å²) in [4.78, 5) is 6.94. The molecule has 0 unspecified atom stereocenters. The highest BCUT2D eigenvalue weighted by atomic mass is 15.1. The first-order chi connectivity index (χ1) is 6.88. The molecule has 4 nitrogen and oxygen atoms in total. The number of rotatable bonds is 2. The van der Waals surface area contributed by atoms with Gasteiger partial charge in [-0.05, 0) is 18.2 Å². The SMILES string of the molecule is N#Cc1cccc(Nc2ncc[nH]2)c1. The van der Waals surface area contributed by atoms with Gasteiger partial charge < -0.3 is 10.3 Å². The highest BCUT2D eigenvalue weighted by Crippen LogP contribution is 2.13. The van der Waals surface area contributed by atoms with E-state index >= 15 is 0 Å². The maximum Gasteiger partial charge on any atom is 0.204 e. The number of benzene rings is 1. The third-order valence-electron chi connectivity index (χ3n) is 1.75. The molecule has 0 atom stereocenters. The summed E-state index contributed by atoms with van der Waals surface area (Å²) in [5.41, 5.74) is 1.47. The fourth-order valence-corrected chi connectivity index (χ4v) is 1.14. The summed E-state index contributed by atoms with van der Waals surface area (Å²) >= 11 is 0. The molecule has 0 aliphatic rings. The van der Waals surface area contributed by atoms with Gasteiger partial charge in [0.05, 0.1) is 11.6 Å². The minimum absolute atomic E-state index is 0.626. The largest absolute Gasteiger partial charge is 0.331 e. The van der Waals surface area contributed by atoms with Crippen molar-refractivity contribution in [3.63, 3.8) is 0 Å². The predicted octanol–water partition coefficient (Wildman–Crippen LogP) is 2.02. The quantitative estimate of drug-likeness (QED) is 0.750. The molecule has 0 aliphatic carbocycles. The lowest BCUT2D eigenvalue weighted by Gasteiger charge is -2.01. The molecule has 0 saturated heterocycles. The van der Waals surface area contributed by atoms with Crippen LogP contribution >= 0.6 is 0 Å². The van der Waals surface area contributed by atoms with Gasteiger partial charge in [0.15, 0.2) is 0 Å². The Balaban J connectivity index is 2.22. The molecule has 0 aliphatic heterocycles. The molecule has 2 rings (SSSR count). The molecule has 0 spiro atoms. The van der Waals surface area contributed by atoms with Crippen molar-refractivity contribution < 1.29 is 0 Å². The Hall–Kier alpha value is -2.28. The Bertz CT molecular complexity index is 453. The molecule has 0 bridgehead atoms. The summed E-state index contributed by atoms with van der Waals surface area (Å²) in [7, 11) is 0. The third kappa shape index (κ3) is 1.72. The van der Waals surface area contributed by atoms with Crippen LogP contribution in [0.15, 0.2) is 36.7 Å². The zero-order valence-electron chi connectivity index (χ0n) is 7.36. The second kappa shape index (κ2) is 3.62. The average Bonchev–Trinajstić information content (AvgIpc) is 2.71. The van der Waals surface area contributed by atoms with Crippen LogP contribution in [-0.4, -0.2) is 9.97 Å². The van der Waals surface area contributed by atoms with Crippen LogP contribution in [0.4, 0.5) is 11.6 Å². The number of aromatic nitrogens is 2. The number of nitriles is 1. The average molecular weight is 184 g/mol. The monoisotopic (exact) mass is 184 g/mol. The van der Waals surface area contributed by atoms with Crippen molar-refractivity contribution in [2.75, 3.05) is 5.32 Å². The van der Waals surface area contributed by atoms with Gasteiger partial charge >= 0.3 is 0 Å². The van der Waals surface area contributed by atoms with Gasteiger partial charge in [0.2, 0.25) is 5.95 Å². The first kappa shape index (κ1) is 8.32. The molecule has 0 fully saturated rings. The van der Waals surface area contributed by atoms with Gasteiger partial charge in [0, 0.05) is 18.1 Å². The van der Waals surface area contributed by atoms with E-state index in [-0.39, 0.29) is 0 Å². The topological polar surface area (TPSA) is 64.5 Å². The molecular weight excluding hydrogens is 176 g/mol. The maximum atomic E-state index is 8.69. The van der Waals surface area contributed by atoms with E-state index in [2.05, 4.69) is 21.4 Å². The molecule has 4 heteroatoms. The molecule has 1 aromatic carbocycles. The lowest BCUT2D eigenvalue weighted by atomic mass is 10.2. The van der Waals surface area contributed by atoms with E-state index in [4.69, 9.17) is 5.26 Å². The van der Waals surface area contributed by atoms with Crippen LogP contribution in [0.5, 0.6) is 0 Å². The standard InChI is InChI=1S/C10H8N4/c11-7-8-2-1-3-9(6-8)14-10-12-4-5-13-10/h1-6H,(H2,12,13,14). The first-order valence-corrected chi connectivity index (χ1v) is 4.15. The van der Waals surface area contributed by atoms with Crippen molar-refractivity contribution in [2.24, 2.45) is 0 Å². The zero-order valence-corrected chi connectivity index (χ0v) is 7.36. The van der Waals surface area contributed by atoms with E-state index in [1.165, 1.54) is 0 Å². The van der Waals surface area contributed by atoms with Crippen LogP contribution in [0.1, 0.15) is 5.56 Å². The lowest BCUT2D eigenvalue weighted by Crippen LogP contribution is -1.92. The van der Waals surface area contributed by atoms with E-state index in [9.17, 15) is 0 Å². The number of anilines is 2. The van der Waals surface area contributed by atoms with Gasteiger partial charge in [-0.2, -0.15) is 5.26 Å². The second-order valence-electron chi connectivity index (χ2n) is 2.76. The number of nitrogens with zero attached hydrogens (tertiary/aromatic N) is 2. The molecule has 68 valence electrons. The van der Waals surface area contributed by atoms with E-state index in [1.54, 1.807) is 24.5 Å². The van der Waals surface area contributed by atoms with Crippen LogP contribution < -0.4 is 5.32 Å². The number of imidazole rings is 1. The van der Waals surface area contributed by atoms with E-state index in [0.29, 0.717) is 11.5 Å². The molecule has 14 heavy (non-hydrogen) atoms. The Morgan fingerprint density at radius 2 is 2.36 bits per heavy atom. The van der Waals surface area contributed by atoms with Crippen LogP contribution in [0, 0.1) is 11.3 Å². The molecule has 0 saturated carbocycles. The molecule has 2 aromatic rings. The minimum Gasteiger partial charge on any atom is -0.331 e. The van der Waals surface area contributed by atoms with Crippen LogP contribution in [0.25, 0.3) is 0 Å². The summed E-state index contributed by atoms with van der Waals surface area (Å²) in [6, 6.07) is 9.30. The van der Waals surface area contributed by atoms with Crippen molar-refractivity contribution in [2.45, 2.75) is 0 Å². The van der Waals surface area contributed by atoms with Crippen molar-refractivity contribution in [3.8, 4) is 6.07 Å². The van der Waals surface area contributed by atoms with Gasteiger partial charge in [-0.25, -0.2) is 4.98 Å². The zero-order chi connectivity index (χ0) is 9.80. The van der Waals surface area contributed by atoms with Crippen molar-refractivity contribution >= 4 is 11.6 Å².